The second-order valence-corrected chi connectivity index (χ2v) is 5.38. The number of benzene rings is 2. The third-order valence-corrected chi connectivity index (χ3v) is 3.53. The lowest BCUT2D eigenvalue weighted by atomic mass is 9.98. The van der Waals surface area contributed by atoms with Crippen LogP contribution in [0.5, 0.6) is 11.5 Å². The number of aromatic nitrogens is 1. The Morgan fingerprint density at radius 2 is 1.79 bits per heavy atom. The average Bonchev–Trinajstić information content (AvgIpc) is 2.92. The summed E-state index contributed by atoms with van der Waals surface area (Å²) in [5, 5.41) is 22.6. The maximum atomic E-state index is 13.3. The van der Waals surface area contributed by atoms with Crippen molar-refractivity contribution in [3.63, 3.8) is 0 Å². The van der Waals surface area contributed by atoms with Gasteiger partial charge in [-0.2, -0.15) is 13.2 Å². The molecule has 0 radical (unpaired) electrons. The van der Waals surface area contributed by atoms with Crippen molar-refractivity contribution in [2.45, 2.75) is 6.18 Å². The average molecular weight is 356 g/mol. The molecule has 8 heteroatoms. The zero-order chi connectivity index (χ0) is 17.5. The molecule has 0 amide bonds. The molecule has 3 aromatic rings. The van der Waals surface area contributed by atoms with E-state index in [4.69, 9.17) is 16.1 Å². The fourth-order valence-electron chi connectivity index (χ4n) is 2.29. The first-order chi connectivity index (χ1) is 11.3. The number of hydrogen-bond donors (Lipinski definition) is 2. The second kappa shape index (κ2) is 5.76. The highest BCUT2D eigenvalue weighted by molar-refractivity contribution is 6.30. The van der Waals surface area contributed by atoms with Crippen LogP contribution in [0.15, 0.2) is 47.0 Å². The zero-order valence-corrected chi connectivity index (χ0v) is 12.6. The monoisotopic (exact) mass is 355 g/mol. The first-order valence-electron chi connectivity index (χ1n) is 6.62. The number of phenols is 2. The zero-order valence-electron chi connectivity index (χ0n) is 11.8. The molecular weight excluding hydrogens is 347 g/mol. The fourth-order valence-corrected chi connectivity index (χ4v) is 2.48. The molecule has 1 aromatic heterocycles. The van der Waals surface area contributed by atoms with E-state index in [1.165, 1.54) is 36.4 Å². The summed E-state index contributed by atoms with van der Waals surface area (Å²) < 4.78 is 44.7. The minimum atomic E-state index is -4.76. The van der Waals surface area contributed by atoms with Crippen LogP contribution < -0.4 is 0 Å². The number of alkyl halides is 3. The van der Waals surface area contributed by atoms with Gasteiger partial charge in [-0.3, -0.25) is 0 Å². The van der Waals surface area contributed by atoms with E-state index in [0.717, 1.165) is 6.07 Å². The first-order valence-corrected chi connectivity index (χ1v) is 7.00. The van der Waals surface area contributed by atoms with Crippen molar-refractivity contribution in [3.05, 3.63) is 53.2 Å². The lowest BCUT2D eigenvalue weighted by Crippen LogP contribution is -2.07. The lowest BCUT2D eigenvalue weighted by molar-refractivity contribution is -0.142. The van der Waals surface area contributed by atoms with Crippen molar-refractivity contribution in [2.24, 2.45) is 0 Å². The standard InChI is InChI=1S/C16H9ClF3NO3/c17-9-3-1-2-8(6-9)13-14(24-21-15(13)16(18,19)20)11-5-4-10(22)7-12(11)23/h1-7,22-23H. The Hall–Kier alpha value is -2.67. The maximum Gasteiger partial charge on any atom is 0.437 e. The van der Waals surface area contributed by atoms with Crippen molar-refractivity contribution in [1.82, 2.24) is 5.16 Å². The summed E-state index contributed by atoms with van der Waals surface area (Å²) in [5.41, 5.74) is -1.47. The molecule has 0 unspecified atom stereocenters. The molecule has 0 bridgehead atoms. The molecule has 0 aliphatic rings. The van der Waals surface area contributed by atoms with Crippen molar-refractivity contribution in [1.29, 1.82) is 0 Å². The van der Waals surface area contributed by atoms with Gasteiger partial charge in [-0.05, 0) is 29.8 Å². The Bertz CT molecular complexity index is 906. The van der Waals surface area contributed by atoms with Gasteiger partial charge >= 0.3 is 6.18 Å². The minimum absolute atomic E-state index is 0.0363. The number of halogens is 4. The summed E-state index contributed by atoms with van der Waals surface area (Å²) in [6.07, 6.45) is -4.76. The Kier molecular flexibility index (Phi) is 3.88. The number of aromatic hydroxyl groups is 2. The van der Waals surface area contributed by atoms with Crippen LogP contribution in [0.3, 0.4) is 0 Å². The van der Waals surface area contributed by atoms with Gasteiger partial charge in [0.2, 0.25) is 0 Å². The molecule has 2 N–H and O–H groups in total. The van der Waals surface area contributed by atoms with Crippen molar-refractivity contribution >= 4 is 11.6 Å². The molecule has 0 aliphatic carbocycles. The van der Waals surface area contributed by atoms with E-state index in [1.54, 1.807) is 0 Å². The van der Waals surface area contributed by atoms with Crippen molar-refractivity contribution in [2.75, 3.05) is 0 Å². The molecule has 4 nitrogen and oxygen atoms in total. The van der Waals surface area contributed by atoms with Crippen LogP contribution in [-0.2, 0) is 6.18 Å². The highest BCUT2D eigenvalue weighted by atomic mass is 35.5. The summed E-state index contributed by atoms with van der Waals surface area (Å²) in [6.45, 7) is 0. The summed E-state index contributed by atoms with van der Waals surface area (Å²) in [7, 11) is 0. The van der Waals surface area contributed by atoms with Crippen molar-refractivity contribution < 1.29 is 27.9 Å². The van der Waals surface area contributed by atoms with Gasteiger partial charge in [0.25, 0.3) is 0 Å². The van der Waals surface area contributed by atoms with Crippen LogP contribution in [0.1, 0.15) is 5.69 Å². The van der Waals surface area contributed by atoms with Crippen LogP contribution in [0, 0.1) is 0 Å². The van der Waals surface area contributed by atoms with Crippen LogP contribution >= 0.6 is 11.6 Å². The minimum Gasteiger partial charge on any atom is -0.508 e. The van der Waals surface area contributed by atoms with E-state index >= 15 is 0 Å². The molecule has 124 valence electrons. The highest BCUT2D eigenvalue weighted by Crippen LogP contribution is 2.45. The van der Waals surface area contributed by atoms with Gasteiger partial charge in [0.15, 0.2) is 11.5 Å². The van der Waals surface area contributed by atoms with Gasteiger partial charge in [0.1, 0.15) is 11.5 Å². The third-order valence-electron chi connectivity index (χ3n) is 3.30. The fraction of sp³-hybridized carbons (Fsp3) is 0.0625. The summed E-state index contributed by atoms with van der Waals surface area (Å²) in [4.78, 5) is 0. The lowest BCUT2D eigenvalue weighted by Gasteiger charge is -2.08. The normalized spacial score (nSPS) is 11.7. The highest BCUT2D eigenvalue weighted by Gasteiger charge is 2.40. The topological polar surface area (TPSA) is 66.5 Å². The van der Waals surface area contributed by atoms with E-state index in [-0.39, 0.29) is 33.2 Å². The van der Waals surface area contributed by atoms with Crippen molar-refractivity contribution in [3.8, 4) is 33.9 Å². The van der Waals surface area contributed by atoms with Crippen LogP contribution in [0.2, 0.25) is 5.02 Å². The molecule has 0 atom stereocenters. The molecule has 1 heterocycles. The number of phenolic OH excluding ortho intramolecular Hbond substituents is 2. The number of hydrogen-bond acceptors (Lipinski definition) is 4. The maximum absolute atomic E-state index is 13.3. The Balaban J connectivity index is 2.30. The van der Waals surface area contributed by atoms with Gasteiger partial charge in [-0.15, -0.1) is 0 Å². The van der Waals surface area contributed by atoms with Crippen LogP contribution in [-0.4, -0.2) is 15.4 Å². The van der Waals surface area contributed by atoms with Crippen LogP contribution in [0.4, 0.5) is 13.2 Å². The van der Waals surface area contributed by atoms with Gasteiger partial charge in [-0.25, -0.2) is 0 Å². The molecule has 24 heavy (non-hydrogen) atoms. The molecule has 0 fully saturated rings. The largest absolute Gasteiger partial charge is 0.508 e. The summed E-state index contributed by atoms with van der Waals surface area (Å²) in [5.74, 6) is -0.957. The SMILES string of the molecule is Oc1ccc(-c2onc(C(F)(F)F)c2-c2cccc(Cl)c2)c(O)c1. The van der Waals surface area contributed by atoms with E-state index in [2.05, 4.69) is 5.16 Å². The molecular formula is C16H9ClF3NO3. The van der Waals surface area contributed by atoms with Gasteiger partial charge < -0.3 is 14.7 Å². The van der Waals surface area contributed by atoms with E-state index in [9.17, 15) is 23.4 Å². The molecule has 0 aliphatic heterocycles. The summed E-state index contributed by atoms with van der Waals surface area (Å²) >= 11 is 5.86. The van der Waals surface area contributed by atoms with E-state index in [0.29, 0.717) is 0 Å². The molecule has 2 aromatic carbocycles. The third kappa shape index (κ3) is 2.90. The van der Waals surface area contributed by atoms with E-state index < -0.39 is 17.6 Å². The Morgan fingerprint density at radius 3 is 2.42 bits per heavy atom. The summed E-state index contributed by atoms with van der Waals surface area (Å²) in [6, 6.07) is 9.21. The Morgan fingerprint density at radius 1 is 1.04 bits per heavy atom. The smallest absolute Gasteiger partial charge is 0.437 e. The predicted octanol–water partition coefficient (Wildman–Crippen LogP) is 5.09. The molecule has 0 spiro atoms. The van der Waals surface area contributed by atoms with Gasteiger partial charge in [0.05, 0.1) is 11.1 Å². The molecule has 0 saturated heterocycles. The first kappa shape index (κ1) is 16.2. The predicted molar refractivity (Wildman–Crippen MR) is 80.7 cm³/mol. The van der Waals surface area contributed by atoms with E-state index in [1.807, 2.05) is 0 Å². The molecule has 3 rings (SSSR count). The second-order valence-electron chi connectivity index (χ2n) is 4.94. The van der Waals surface area contributed by atoms with Crippen LogP contribution in [0.25, 0.3) is 22.5 Å². The quantitative estimate of drug-likeness (QED) is 0.671. The molecule has 0 saturated carbocycles. The number of rotatable bonds is 2. The van der Waals surface area contributed by atoms with Gasteiger partial charge in [0, 0.05) is 11.1 Å². The van der Waals surface area contributed by atoms with Gasteiger partial charge in [-0.1, -0.05) is 28.9 Å². The number of nitrogens with zero attached hydrogens (tertiary/aromatic N) is 1. The Labute approximate surface area is 138 Å².